The first kappa shape index (κ1) is 21.6. The molecule has 0 atom stereocenters. The van der Waals surface area contributed by atoms with Crippen molar-refractivity contribution in [3.63, 3.8) is 0 Å². The van der Waals surface area contributed by atoms with Gasteiger partial charge in [-0.2, -0.15) is 0 Å². The predicted molar refractivity (Wildman–Crippen MR) is 139 cm³/mol. The summed E-state index contributed by atoms with van der Waals surface area (Å²) in [4.78, 5) is 32.5. The summed E-state index contributed by atoms with van der Waals surface area (Å²) in [5, 5.41) is 5.61. The number of anilines is 1. The lowest BCUT2D eigenvalue weighted by Gasteiger charge is -2.09. The van der Waals surface area contributed by atoms with Crippen LogP contribution in [0, 0.1) is 0 Å². The number of amides is 1. The predicted octanol–water partition coefficient (Wildman–Crippen LogP) is 6.24. The van der Waals surface area contributed by atoms with E-state index >= 15 is 0 Å². The van der Waals surface area contributed by atoms with E-state index in [-0.39, 0.29) is 18.0 Å². The van der Waals surface area contributed by atoms with E-state index in [1.54, 1.807) is 0 Å². The van der Waals surface area contributed by atoms with E-state index in [0.717, 1.165) is 37.7 Å². The van der Waals surface area contributed by atoms with Gasteiger partial charge in [-0.3, -0.25) is 14.2 Å². The molecule has 0 spiro atoms. The van der Waals surface area contributed by atoms with Crippen molar-refractivity contribution in [2.45, 2.75) is 19.9 Å². The lowest BCUT2D eigenvalue weighted by molar-refractivity contribution is -0.116. The summed E-state index contributed by atoms with van der Waals surface area (Å²) in [5.74, 6) is -0.273. The number of aromatic nitrogens is 2. The highest BCUT2D eigenvalue weighted by Gasteiger charge is 2.19. The number of halogens is 1. The zero-order valence-corrected chi connectivity index (χ0v) is 20.2. The minimum Gasteiger partial charge on any atom is -0.325 e. The fraction of sp³-hybridized carbons (Fsp3) is 0.115. The number of hydrogen-bond donors (Lipinski definition) is 1. The minimum absolute atomic E-state index is 0.105. The summed E-state index contributed by atoms with van der Waals surface area (Å²) in [6, 6.07) is 21.6. The SMILES string of the molecule is CCc1sc2ncn(CC(=O)Nc3ccc4ccccc4c3)c(=O)c2c1-c1ccc(Br)cc1. The Morgan fingerprint density at radius 3 is 2.58 bits per heavy atom. The third-order valence-electron chi connectivity index (χ3n) is 5.55. The first-order valence-corrected chi connectivity index (χ1v) is 12.2. The lowest BCUT2D eigenvalue weighted by atomic mass is 10.0. The molecule has 0 saturated heterocycles. The van der Waals surface area contributed by atoms with Crippen LogP contribution in [0.5, 0.6) is 0 Å². The van der Waals surface area contributed by atoms with Crippen molar-refractivity contribution >= 4 is 59.9 Å². The molecule has 0 bridgehead atoms. The van der Waals surface area contributed by atoms with Gasteiger partial charge in [0.05, 0.1) is 11.7 Å². The number of aryl methyl sites for hydroxylation is 1. The van der Waals surface area contributed by atoms with Crippen molar-refractivity contribution in [1.29, 1.82) is 0 Å². The van der Waals surface area contributed by atoms with Gasteiger partial charge in [-0.1, -0.05) is 65.3 Å². The average molecular weight is 518 g/mol. The van der Waals surface area contributed by atoms with Crippen LogP contribution in [0.1, 0.15) is 11.8 Å². The number of carbonyl (C=O) groups is 1. The molecule has 1 N–H and O–H groups in total. The lowest BCUT2D eigenvalue weighted by Crippen LogP contribution is -2.27. The third kappa shape index (κ3) is 4.21. The van der Waals surface area contributed by atoms with Crippen LogP contribution in [0.25, 0.3) is 32.1 Å². The topological polar surface area (TPSA) is 64.0 Å². The largest absolute Gasteiger partial charge is 0.325 e. The molecule has 0 unspecified atom stereocenters. The normalized spacial score (nSPS) is 11.2. The Kier molecular flexibility index (Phi) is 5.83. The number of fused-ring (bicyclic) bond motifs is 2. The van der Waals surface area contributed by atoms with Crippen LogP contribution >= 0.6 is 27.3 Å². The van der Waals surface area contributed by atoms with Crippen LogP contribution in [-0.2, 0) is 17.8 Å². The Bertz CT molecular complexity index is 1550. The summed E-state index contributed by atoms with van der Waals surface area (Å²) < 4.78 is 2.36. The Morgan fingerprint density at radius 2 is 1.82 bits per heavy atom. The number of carbonyl (C=O) groups excluding carboxylic acids is 1. The van der Waals surface area contributed by atoms with Crippen LogP contribution in [-0.4, -0.2) is 15.5 Å². The maximum absolute atomic E-state index is 13.4. The van der Waals surface area contributed by atoms with Gasteiger partial charge in [-0.25, -0.2) is 4.98 Å². The molecule has 5 rings (SSSR count). The molecule has 1 amide bonds. The molecule has 3 aromatic carbocycles. The van der Waals surface area contributed by atoms with Crippen molar-refractivity contribution in [1.82, 2.24) is 9.55 Å². The van der Waals surface area contributed by atoms with Crippen molar-refractivity contribution in [2.24, 2.45) is 0 Å². The second-order valence-electron chi connectivity index (χ2n) is 7.73. The highest BCUT2D eigenvalue weighted by molar-refractivity contribution is 9.10. The molecule has 5 aromatic rings. The molecule has 0 saturated carbocycles. The maximum Gasteiger partial charge on any atom is 0.263 e. The molecular formula is C26H20BrN3O2S. The molecule has 0 aliphatic heterocycles. The second kappa shape index (κ2) is 8.92. The molecule has 7 heteroatoms. The number of nitrogens with one attached hydrogen (secondary N) is 1. The van der Waals surface area contributed by atoms with Gasteiger partial charge in [-0.15, -0.1) is 11.3 Å². The molecule has 0 fully saturated rings. The summed E-state index contributed by atoms with van der Waals surface area (Å²) in [7, 11) is 0. The van der Waals surface area contributed by atoms with Gasteiger partial charge in [0.15, 0.2) is 0 Å². The summed E-state index contributed by atoms with van der Waals surface area (Å²) in [6.07, 6.45) is 2.26. The fourth-order valence-corrected chi connectivity index (χ4v) is 5.33. The van der Waals surface area contributed by atoms with Gasteiger partial charge in [0.25, 0.3) is 5.56 Å². The van der Waals surface area contributed by atoms with Gasteiger partial charge in [0.1, 0.15) is 11.4 Å². The van der Waals surface area contributed by atoms with Gasteiger partial charge in [0, 0.05) is 20.6 Å². The van der Waals surface area contributed by atoms with Crippen molar-refractivity contribution < 1.29 is 4.79 Å². The van der Waals surface area contributed by atoms with Crippen molar-refractivity contribution in [3.8, 4) is 11.1 Å². The Labute approximate surface area is 202 Å². The van der Waals surface area contributed by atoms with E-state index in [4.69, 9.17) is 0 Å². The second-order valence-corrected chi connectivity index (χ2v) is 9.73. The number of benzene rings is 3. The Morgan fingerprint density at radius 1 is 1.06 bits per heavy atom. The zero-order valence-electron chi connectivity index (χ0n) is 17.8. The molecule has 0 aliphatic rings. The molecular weight excluding hydrogens is 498 g/mol. The standard InChI is InChI=1S/C26H20BrN3O2S/c1-2-21-23(17-7-10-19(27)11-8-17)24-25(33-21)28-15-30(26(24)32)14-22(31)29-20-12-9-16-5-3-4-6-18(16)13-20/h3-13,15H,2,14H2,1H3,(H,29,31). The highest BCUT2D eigenvalue weighted by Crippen LogP contribution is 2.36. The first-order valence-electron chi connectivity index (χ1n) is 10.6. The van der Waals surface area contributed by atoms with E-state index in [2.05, 4.69) is 33.2 Å². The van der Waals surface area contributed by atoms with Gasteiger partial charge in [0.2, 0.25) is 5.91 Å². The molecule has 33 heavy (non-hydrogen) atoms. The Hall–Kier alpha value is -3.29. The molecule has 5 nitrogen and oxygen atoms in total. The fourth-order valence-electron chi connectivity index (χ4n) is 3.98. The van der Waals surface area contributed by atoms with Crippen LogP contribution < -0.4 is 10.9 Å². The van der Waals surface area contributed by atoms with E-state index < -0.39 is 0 Å². The van der Waals surface area contributed by atoms with Crippen LogP contribution in [0.2, 0.25) is 0 Å². The van der Waals surface area contributed by atoms with Crippen LogP contribution in [0.3, 0.4) is 0 Å². The van der Waals surface area contributed by atoms with Gasteiger partial charge >= 0.3 is 0 Å². The van der Waals surface area contributed by atoms with Gasteiger partial charge in [-0.05, 0) is 47.0 Å². The summed E-state index contributed by atoms with van der Waals surface area (Å²) in [6.45, 7) is 1.97. The number of thiophene rings is 1. The average Bonchev–Trinajstić information content (AvgIpc) is 3.21. The van der Waals surface area contributed by atoms with Crippen LogP contribution in [0.15, 0.2) is 82.3 Å². The third-order valence-corrected chi connectivity index (χ3v) is 7.32. The smallest absolute Gasteiger partial charge is 0.263 e. The van der Waals surface area contributed by atoms with Crippen molar-refractivity contribution in [2.75, 3.05) is 5.32 Å². The molecule has 0 aliphatic carbocycles. The van der Waals surface area contributed by atoms with Gasteiger partial charge < -0.3 is 5.32 Å². The molecule has 164 valence electrons. The van der Waals surface area contributed by atoms with E-state index in [0.29, 0.717) is 15.9 Å². The monoisotopic (exact) mass is 517 g/mol. The van der Waals surface area contributed by atoms with E-state index in [9.17, 15) is 9.59 Å². The van der Waals surface area contributed by atoms with Crippen molar-refractivity contribution in [3.05, 3.63) is 92.8 Å². The molecule has 2 aromatic heterocycles. The quantitative estimate of drug-likeness (QED) is 0.300. The summed E-state index contributed by atoms with van der Waals surface area (Å²) >= 11 is 5.00. The first-order chi connectivity index (χ1) is 16.0. The van der Waals surface area contributed by atoms with E-state index in [1.165, 1.54) is 22.2 Å². The van der Waals surface area contributed by atoms with Crippen LogP contribution in [0.4, 0.5) is 5.69 Å². The number of hydrogen-bond acceptors (Lipinski definition) is 4. The highest BCUT2D eigenvalue weighted by atomic mass is 79.9. The molecule has 0 radical (unpaired) electrons. The zero-order chi connectivity index (χ0) is 22.9. The number of nitrogens with zero attached hydrogens (tertiary/aromatic N) is 2. The van der Waals surface area contributed by atoms with E-state index in [1.807, 2.05) is 66.7 Å². The maximum atomic E-state index is 13.4. The number of rotatable bonds is 5. The summed E-state index contributed by atoms with van der Waals surface area (Å²) in [5.41, 5.74) is 2.37. The molecule has 2 heterocycles. The minimum atomic E-state index is -0.273. The Balaban J connectivity index is 1.48.